The highest BCUT2D eigenvalue weighted by atomic mass is 32.1. The first-order valence-electron chi connectivity index (χ1n) is 6.48. The smallest absolute Gasteiger partial charge is 0.221 e. The Balaban J connectivity index is 2.13. The lowest BCUT2D eigenvalue weighted by Gasteiger charge is -2.08. The summed E-state index contributed by atoms with van der Waals surface area (Å²) < 4.78 is 6.34. The molecule has 4 nitrogen and oxygen atoms in total. The minimum atomic E-state index is -0.370. The Morgan fingerprint density at radius 1 is 1.29 bits per heavy atom. The van der Waals surface area contributed by atoms with Crippen LogP contribution in [0.3, 0.4) is 0 Å². The van der Waals surface area contributed by atoms with E-state index in [1.54, 1.807) is 18.4 Å². The number of para-hydroxylation sites is 1. The zero-order chi connectivity index (χ0) is 14.8. The van der Waals surface area contributed by atoms with Gasteiger partial charge in [0.25, 0.3) is 0 Å². The van der Waals surface area contributed by atoms with Gasteiger partial charge in [0.1, 0.15) is 10.8 Å². The van der Waals surface area contributed by atoms with Gasteiger partial charge in [0.05, 0.1) is 23.7 Å². The molecule has 0 radical (unpaired) electrons. The average Bonchev–Trinajstić information content (AvgIpc) is 2.90. The van der Waals surface area contributed by atoms with Gasteiger partial charge in [0, 0.05) is 5.56 Å². The van der Waals surface area contributed by atoms with Gasteiger partial charge in [-0.15, -0.1) is 11.3 Å². The Bertz CT molecular complexity index is 778. The van der Waals surface area contributed by atoms with E-state index in [0.29, 0.717) is 5.75 Å². The molecule has 0 aliphatic heterocycles. The molecule has 2 aromatic carbocycles. The monoisotopic (exact) mass is 298 g/mol. The SMILES string of the molecule is COc1ccc(-c2nc3ccccc3s2)c(CC(N)=O)c1. The zero-order valence-electron chi connectivity index (χ0n) is 11.5. The number of hydrogen-bond acceptors (Lipinski definition) is 4. The van der Waals surface area contributed by atoms with Crippen molar-refractivity contribution in [3.05, 3.63) is 48.0 Å². The van der Waals surface area contributed by atoms with Crippen molar-refractivity contribution in [2.24, 2.45) is 5.73 Å². The van der Waals surface area contributed by atoms with Crippen LogP contribution in [0.25, 0.3) is 20.8 Å². The third-order valence-electron chi connectivity index (χ3n) is 3.20. The summed E-state index contributed by atoms with van der Waals surface area (Å²) in [6, 6.07) is 13.6. The van der Waals surface area contributed by atoms with Crippen molar-refractivity contribution in [2.75, 3.05) is 7.11 Å². The predicted octanol–water partition coefficient (Wildman–Crippen LogP) is 3.00. The van der Waals surface area contributed by atoms with Gasteiger partial charge in [-0.1, -0.05) is 12.1 Å². The number of nitrogens with zero attached hydrogens (tertiary/aromatic N) is 1. The minimum Gasteiger partial charge on any atom is -0.497 e. The summed E-state index contributed by atoms with van der Waals surface area (Å²) in [7, 11) is 1.60. The molecule has 1 heterocycles. The van der Waals surface area contributed by atoms with E-state index < -0.39 is 0 Å². The maximum Gasteiger partial charge on any atom is 0.221 e. The van der Waals surface area contributed by atoms with Crippen LogP contribution < -0.4 is 10.5 Å². The molecule has 0 bridgehead atoms. The molecule has 106 valence electrons. The molecule has 0 spiro atoms. The van der Waals surface area contributed by atoms with Crippen molar-refractivity contribution in [1.29, 1.82) is 0 Å². The number of fused-ring (bicyclic) bond motifs is 1. The van der Waals surface area contributed by atoms with Crippen LogP contribution in [0.5, 0.6) is 5.75 Å². The summed E-state index contributed by atoms with van der Waals surface area (Å²) in [4.78, 5) is 15.9. The number of primary amides is 1. The van der Waals surface area contributed by atoms with Crippen molar-refractivity contribution in [3.63, 3.8) is 0 Å². The predicted molar refractivity (Wildman–Crippen MR) is 84.5 cm³/mol. The van der Waals surface area contributed by atoms with E-state index in [1.165, 1.54) is 0 Å². The summed E-state index contributed by atoms with van der Waals surface area (Å²) in [6.07, 6.45) is 0.169. The lowest BCUT2D eigenvalue weighted by molar-refractivity contribution is -0.117. The fourth-order valence-corrected chi connectivity index (χ4v) is 3.25. The van der Waals surface area contributed by atoms with Gasteiger partial charge in [0.15, 0.2) is 0 Å². The molecule has 0 atom stereocenters. The number of thiazole rings is 1. The molecule has 0 saturated heterocycles. The molecule has 0 fully saturated rings. The van der Waals surface area contributed by atoms with Gasteiger partial charge in [-0.3, -0.25) is 4.79 Å². The summed E-state index contributed by atoms with van der Waals surface area (Å²) in [5.41, 5.74) is 8.06. The lowest BCUT2D eigenvalue weighted by Crippen LogP contribution is -2.14. The molecule has 1 aromatic heterocycles. The molecule has 21 heavy (non-hydrogen) atoms. The van der Waals surface area contributed by atoms with E-state index >= 15 is 0 Å². The maximum absolute atomic E-state index is 11.3. The lowest BCUT2D eigenvalue weighted by atomic mass is 10.0. The van der Waals surface area contributed by atoms with Gasteiger partial charge in [-0.05, 0) is 35.9 Å². The normalized spacial score (nSPS) is 10.7. The van der Waals surface area contributed by atoms with Crippen LogP contribution in [-0.4, -0.2) is 18.0 Å². The van der Waals surface area contributed by atoms with Crippen LogP contribution in [0.2, 0.25) is 0 Å². The van der Waals surface area contributed by atoms with Crippen LogP contribution in [0.15, 0.2) is 42.5 Å². The maximum atomic E-state index is 11.3. The van der Waals surface area contributed by atoms with E-state index in [4.69, 9.17) is 10.5 Å². The number of carbonyl (C=O) groups is 1. The van der Waals surface area contributed by atoms with Crippen LogP contribution in [-0.2, 0) is 11.2 Å². The fourth-order valence-electron chi connectivity index (χ4n) is 2.23. The standard InChI is InChI=1S/C16H14N2O2S/c1-20-11-6-7-12(10(8-11)9-15(17)19)16-18-13-4-2-3-5-14(13)21-16/h2-8H,9H2,1H3,(H2,17,19). The first kappa shape index (κ1) is 13.6. The second-order valence-electron chi connectivity index (χ2n) is 4.65. The second-order valence-corrected chi connectivity index (χ2v) is 5.68. The number of nitrogens with two attached hydrogens (primary N) is 1. The Morgan fingerprint density at radius 3 is 2.81 bits per heavy atom. The van der Waals surface area contributed by atoms with Crippen LogP contribution in [0.4, 0.5) is 0 Å². The molecule has 0 saturated carbocycles. The number of rotatable bonds is 4. The van der Waals surface area contributed by atoms with Gasteiger partial charge in [-0.2, -0.15) is 0 Å². The highest BCUT2D eigenvalue weighted by Crippen LogP contribution is 2.33. The molecule has 1 amide bonds. The topological polar surface area (TPSA) is 65.2 Å². The molecular formula is C16H14N2O2S. The molecule has 3 rings (SSSR count). The minimum absolute atomic E-state index is 0.169. The highest BCUT2D eigenvalue weighted by molar-refractivity contribution is 7.21. The van der Waals surface area contributed by atoms with E-state index in [1.807, 2.05) is 42.5 Å². The highest BCUT2D eigenvalue weighted by Gasteiger charge is 2.13. The van der Waals surface area contributed by atoms with Crippen molar-refractivity contribution in [1.82, 2.24) is 4.98 Å². The Kier molecular flexibility index (Phi) is 3.58. The molecule has 0 aliphatic rings. The van der Waals surface area contributed by atoms with Crippen molar-refractivity contribution in [3.8, 4) is 16.3 Å². The van der Waals surface area contributed by atoms with Gasteiger partial charge in [-0.25, -0.2) is 4.98 Å². The number of amides is 1. The second kappa shape index (κ2) is 5.54. The summed E-state index contributed by atoms with van der Waals surface area (Å²) in [6.45, 7) is 0. The summed E-state index contributed by atoms with van der Waals surface area (Å²) in [5.74, 6) is 0.335. The number of hydrogen-bond donors (Lipinski definition) is 1. The zero-order valence-corrected chi connectivity index (χ0v) is 12.3. The van der Waals surface area contributed by atoms with Crippen molar-refractivity contribution < 1.29 is 9.53 Å². The van der Waals surface area contributed by atoms with Crippen LogP contribution >= 0.6 is 11.3 Å². The Morgan fingerprint density at radius 2 is 2.10 bits per heavy atom. The van der Waals surface area contributed by atoms with Crippen molar-refractivity contribution in [2.45, 2.75) is 6.42 Å². The van der Waals surface area contributed by atoms with E-state index in [2.05, 4.69) is 4.98 Å². The number of benzene rings is 2. The molecule has 5 heteroatoms. The van der Waals surface area contributed by atoms with E-state index in [-0.39, 0.29) is 12.3 Å². The number of methoxy groups -OCH3 is 1. The van der Waals surface area contributed by atoms with Gasteiger partial charge in [0.2, 0.25) is 5.91 Å². The Labute approximate surface area is 126 Å². The van der Waals surface area contributed by atoms with Gasteiger partial charge >= 0.3 is 0 Å². The number of carbonyl (C=O) groups excluding carboxylic acids is 1. The largest absolute Gasteiger partial charge is 0.497 e. The quantitative estimate of drug-likeness (QED) is 0.805. The summed E-state index contributed by atoms with van der Waals surface area (Å²) >= 11 is 1.60. The fraction of sp³-hybridized carbons (Fsp3) is 0.125. The average molecular weight is 298 g/mol. The molecule has 0 unspecified atom stereocenters. The van der Waals surface area contributed by atoms with E-state index in [9.17, 15) is 4.79 Å². The molecule has 0 aliphatic carbocycles. The van der Waals surface area contributed by atoms with Crippen LogP contribution in [0, 0.1) is 0 Å². The first-order chi connectivity index (χ1) is 10.2. The number of aromatic nitrogens is 1. The van der Waals surface area contributed by atoms with E-state index in [0.717, 1.165) is 26.4 Å². The summed E-state index contributed by atoms with van der Waals surface area (Å²) in [5, 5.41) is 0.884. The Hall–Kier alpha value is -2.40. The van der Waals surface area contributed by atoms with Crippen molar-refractivity contribution >= 4 is 27.5 Å². The third-order valence-corrected chi connectivity index (χ3v) is 4.27. The third kappa shape index (κ3) is 2.73. The van der Waals surface area contributed by atoms with Crippen LogP contribution in [0.1, 0.15) is 5.56 Å². The molecule has 2 N–H and O–H groups in total. The molecular weight excluding hydrogens is 284 g/mol. The molecule has 3 aromatic rings. The number of ether oxygens (including phenoxy) is 1. The first-order valence-corrected chi connectivity index (χ1v) is 7.30. The van der Waals surface area contributed by atoms with Gasteiger partial charge < -0.3 is 10.5 Å².